The Hall–Kier alpha value is -3.81. The van der Waals surface area contributed by atoms with Gasteiger partial charge in [0.1, 0.15) is 5.75 Å². The van der Waals surface area contributed by atoms with Gasteiger partial charge in [-0.2, -0.15) is 0 Å². The van der Waals surface area contributed by atoms with Crippen LogP contribution in [-0.2, 0) is 16.0 Å². The monoisotopic (exact) mass is 582 g/mol. The van der Waals surface area contributed by atoms with Crippen molar-refractivity contribution in [2.75, 3.05) is 23.9 Å². The number of ether oxygens (including phenoxy) is 1. The number of nitrogens with one attached hydrogen (secondary N) is 1. The fraction of sp³-hybridized carbons (Fsp3) is 0.258. The van der Waals surface area contributed by atoms with Crippen LogP contribution in [0.5, 0.6) is 5.75 Å². The Balaban J connectivity index is 1.87. The van der Waals surface area contributed by atoms with Gasteiger partial charge < -0.3 is 20.1 Å². The summed E-state index contributed by atoms with van der Waals surface area (Å²) < 4.78 is 5.52. The number of nitrogens with zero attached hydrogens (tertiary/aromatic N) is 1. The molecular weight excluding hydrogens is 551 g/mol. The van der Waals surface area contributed by atoms with Crippen molar-refractivity contribution >= 4 is 52.4 Å². The summed E-state index contributed by atoms with van der Waals surface area (Å²) in [6, 6.07) is 16.8. The molecule has 0 saturated heterocycles. The fourth-order valence-corrected chi connectivity index (χ4v) is 4.82. The van der Waals surface area contributed by atoms with E-state index < -0.39 is 17.8 Å². The Kier molecular flexibility index (Phi) is 10.8. The number of carbonyl (C=O) groups excluding carboxylic acids is 2. The zero-order chi connectivity index (χ0) is 29.4. The van der Waals surface area contributed by atoms with Gasteiger partial charge in [-0.3, -0.25) is 14.4 Å². The molecule has 0 bridgehead atoms. The summed E-state index contributed by atoms with van der Waals surface area (Å²) in [5, 5.41) is 13.4. The van der Waals surface area contributed by atoms with Crippen molar-refractivity contribution in [1.29, 1.82) is 0 Å². The van der Waals surface area contributed by atoms with Gasteiger partial charge in [0, 0.05) is 12.2 Å². The predicted octanol–water partition coefficient (Wildman–Crippen LogP) is 7.23. The van der Waals surface area contributed by atoms with E-state index in [9.17, 15) is 19.5 Å². The van der Waals surface area contributed by atoms with Crippen molar-refractivity contribution in [2.24, 2.45) is 5.92 Å². The average molecular weight is 584 g/mol. The van der Waals surface area contributed by atoms with Crippen LogP contribution in [0.1, 0.15) is 48.2 Å². The van der Waals surface area contributed by atoms with Crippen molar-refractivity contribution in [3.63, 3.8) is 0 Å². The van der Waals surface area contributed by atoms with E-state index in [0.717, 1.165) is 5.56 Å². The third kappa shape index (κ3) is 7.64. The summed E-state index contributed by atoms with van der Waals surface area (Å²) >= 11 is 12.3. The van der Waals surface area contributed by atoms with Crippen LogP contribution in [0.25, 0.3) is 0 Å². The molecule has 2 amide bonds. The lowest BCUT2D eigenvalue weighted by molar-refractivity contribution is -0.138. The SMILES string of the molecule is C/C=C/C(=O)N(CC(C)C)c1cc(C(Cc2ccc(NC(=O)c3c(Cl)cccc3Cl)cc2)C(=O)O)ccc1OC. The van der Waals surface area contributed by atoms with Crippen molar-refractivity contribution < 1.29 is 24.2 Å². The van der Waals surface area contributed by atoms with Crippen LogP contribution < -0.4 is 15.0 Å². The maximum Gasteiger partial charge on any atom is 0.311 e. The van der Waals surface area contributed by atoms with Crippen LogP contribution in [0.15, 0.2) is 72.8 Å². The maximum absolute atomic E-state index is 12.9. The van der Waals surface area contributed by atoms with E-state index in [2.05, 4.69) is 5.32 Å². The van der Waals surface area contributed by atoms with E-state index in [-0.39, 0.29) is 33.9 Å². The Morgan fingerprint density at radius 2 is 1.68 bits per heavy atom. The number of carboxylic acid groups (broad SMARTS) is 1. The molecule has 2 N–H and O–H groups in total. The van der Waals surface area contributed by atoms with E-state index in [1.54, 1.807) is 78.6 Å². The largest absolute Gasteiger partial charge is 0.495 e. The molecule has 210 valence electrons. The number of halogens is 2. The highest BCUT2D eigenvalue weighted by Crippen LogP contribution is 2.34. The summed E-state index contributed by atoms with van der Waals surface area (Å²) in [5.74, 6) is -1.90. The number of rotatable bonds is 11. The topological polar surface area (TPSA) is 95.9 Å². The van der Waals surface area contributed by atoms with Crippen LogP contribution in [0.4, 0.5) is 11.4 Å². The number of anilines is 2. The molecule has 0 radical (unpaired) electrons. The van der Waals surface area contributed by atoms with Gasteiger partial charge in [0.2, 0.25) is 0 Å². The minimum Gasteiger partial charge on any atom is -0.495 e. The lowest BCUT2D eigenvalue weighted by Gasteiger charge is -2.26. The van der Waals surface area contributed by atoms with Crippen molar-refractivity contribution in [1.82, 2.24) is 0 Å². The Labute approximate surface area is 244 Å². The van der Waals surface area contributed by atoms with Crippen molar-refractivity contribution in [3.8, 4) is 5.75 Å². The molecule has 3 aromatic rings. The lowest BCUT2D eigenvalue weighted by atomic mass is 9.91. The van der Waals surface area contributed by atoms with Gasteiger partial charge in [-0.1, -0.05) is 67.4 Å². The molecule has 9 heteroatoms. The molecule has 0 heterocycles. The Bertz CT molecular complexity index is 1380. The van der Waals surface area contributed by atoms with Gasteiger partial charge >= 0.3 is 5.97 Å². The number of carbonyl (C=O) groups is 3. The lowest BCUT2D eigenvalue weighted by Crippen LogP contribution is -2.33. The fourth-order valence-electron chi connectivity index (χ4n) is 4.26. The molecule has 0 aliphatic rings. The third-order valence-corrected chi connectivity index (χ3v) is 6.79. The van der Waals surface area contributed by atoms with E-state index in [4.69, 9.17) is 27.9 Å². The normalized spacial score (nSPS) is 11.9. The summed E-state index contributed by atoms with van der Waals surface area (Å²) in [4.78, 5) is 39.6. The average Bonchev–Trinajstić information content (AvgIpc) is 2.90. The third-order valence-electron chi connectivity index (χ3n) is 6.16. The molecule has 0 aliphatic carbocycles. The highest BCUT2D eigenvalue weighted by Gasteiger charge is 2.25. The van der Waals surface area contributed by atoms with Crippen LogP contribution in [-0.4, -0.2) is 36.5 Å². The molecular formula is C31H32Cl2N2O5. The van der Waals surface area contributed by atoms with Gasteiger partial charge in [0.05, 0.1) is 34.3 Å². The molecule has 40 heavy (non-hydrogen) atoms. The van der Waals surface area contributed by atoms with Crippen LogP contribution in [0.2, 0.25) is 10.0 Å². The second-order valence-corrected chi connectivity index (χ2v) is 10.4. The number of benzene rings is 3. The second kappa shape index (κ2) is 14.0. The minimum absolute atomic E-state index is 0.172. The first kappa shape index (κ1) is 30.7. The van der Waals surface area contributed by atoms with Crippen LogP contribution in [0, 0.1) is 5.92 Å². The molecule has 0 fully saturated rings. The Morgan fingerprint density at radius 3 is 2.23 bits per heavy atom. The van der Waals surface area contributed by atoms with Crippen molar-refractivity contribution in [3.05, 3.63) is 99.6 Å². The molecule has 0 saturated carbocycles. The summed E-state index contributed by atoms with van der Waals surface area (Å²) in [6.45, 7) is 6.21. The number of allylic oxidation sites excluding steroid dienone is 1. The molecule has 1 atom stereocenters. The first-order valence-corrected chi connectivity index (χ1v) is 13.5. The predicted molar refractivity (Wildman–Crippen MR) is 160 cm³/mol. The number of hydrogen-bond donors (Lipinski definition) is 2. The van der Waals surface area contributed by atoms with E-state index >= 15 is 0 Å². The number of aliphatic carboxylic acids is 1. The van der Waals surface area contributed by atoms with E-state index in [1.807, 2.05) is 13.8 Å². The zero-order valence-corrected chi connectivity index (χ0v) is 24.3. The van der Waals surface area contributed by atoms with E-state index in [0.29, 0.717) is 29.2 Å². The van der Waals surface area contributed by atoms with Gasteiger partial charge in [-0.15, -0.1) is 0 Å². The second-order valence-electron chi connectivity index (χ2n) is 9.62. The van der Waals surface area contributed by atoms with Gasteiger partial charge in [-0.25, -0.2) is 0 Å². The smallest absolute Gasteiger partial charge is 0.311 e. The highest BCUT2D eigenvalue weighted by molar-refractivity contribution is 6.40. The minimum atomic E-state index is -1.00. The molecule has 3 rings (SSSR count). The van der Waals surface area contributed by atoms with Gasteiger partial charge in [0.25, 0.3) is 11.8 Å². The number of amides is 2. The standard InChI is InChI=1S/C31H32Cl2N2O5/c1-5-7-28(36)35(18-19(2)3)26-17-21(12-15-27(26)40-4)23(31(38)39)16-20-10-13-22(14-11-20)34-30(37)29-24(32)8-6-9-25(29)33/h5-15,17,19,23H,16,18H2,1-4H3,(H,34,37)(H,38,39)/b7-5+. The molecule has 0 aliphatic heterocycles. The summed E-state index contributed by atoms with van der Waals surface area (Å²) in [7, 11) is 1.51. The first-order chi connectivity index (χ1) is 19.0. The number of hydrogen-bond acceptors (Lipinski definition) is 4. The molecule has 0 spiro atoms. The summed E-state index contributed by atoms with van der Waals surface area (Å²) in [6.07, 6.45) is 3.34. The number of carboxylic acids is 1. The first-order valence-electron chi connectivity index (χ1n) is 12.7. The number of methoxy groups -OCH3 is 1. The quantitative estimate of drug-likeness (QED) is 0.232. The molecule has 0 aromatic heterocycles. The Morgan fingerprint density at radius 1 is 1.02 bits per heavy atom. The maximum atomic E-state index is 12.9. The van der Waals surface area contributed by atoms with Crippen LogP contribution >= 0.6 is 23.2 Å². The van der Waals surface area contributed by atoms with E-state index in [1.165, 1.54) is 13.2 Å². The highest BCUT2D eigenvalue weighted by atomic mass is 35.5. The van der Waals surface area contributed by atoms with Gasteiger partial charge in [0.15, 0.2) is 0 Å². The zero-order valence-electron chi connectivity index (χ0n) is 22.8. The van der Waals surface area contributed by atoms with Gasteiger partial charge in [-0.05, 0) is 72.9 Å². The molecule has 3 aromatic carbocycles. The molecule has 7 nitrogen and oxygen atoms in total. The van der Waals surface area contributed by atoms with Crippen LogP contribution in [0.3, 0.4) is 0 Å². The molecule has 1 unspecified atom stereocenters. The summed E-state index contributed by atoms with van der Waals surface area (Å²) in [5.41, 5.74) is 2.49. The van der Waals surface area contributed by atoms with Crippen molar-refractivity contribution in [2.45, 2.75) is 33.1 Å².